The van der Waals surface area contributed by atoms with Crippen LogP contribution in [0, 0.1) is 13.8 Å². The van der Waals surface area contributed by atoms with Crippen molar-refractivity contribution >= 4 is 17.7 Å². The Morgan fingerprint density at radius 3 is 2.48 bits per heavy atom. The second kappa shape index (κ2) is 7.38. The first kappa shape index (κ1) is 18.5. The summed E-state index contributed by atoms with van der Waals surface area (Å²) in [5.74, 6) is -1.51. The number of nitrogens with zero attached hydrogens (tertiary/aromatic N) is 4. The van der Waals surface area contributed by atoms with Gasteiger partial charge >= 0.3 is 12.1 Å². The molecule has 1 amide bonds. The monoisotopic (exact) mass is 371 g/mol. The van der Waals surface area contributed by atoms with E-state index in [1.54, 1.807) is 6.07 Å². The summed E-state index contributed by atoms with van der Waals surface area (Å²) in [4.78, 5) is 21.5. The lowest BCUT2D eigenvalue weighted by Crippen LogP contribution is -2.04. The van der Waals surface area contributed by atoms with Gasteiger partial charge in [0.2, 0.25) is 12.2 Å². The van der Waals surface area contributed by atoms with Gasteiger partial charge < -0.3 is 10.3 Å². The van der Waals surface area contributed by atoms with Crippen LogP contribution < -0.4 is 5.73 Å². The Kier molecular flexibility index (Phi) is 5.47. The van der Waals surface area contributed by atoms with Gasteiger partial charge in [-0.2, -0.15) is 18.2 Å². The highest BCUT2D eigenvalue weighted by Gasteiger charge is 2.38. The Balaban J connectivity index is 0.000000701. The molecule has 0 spiro atoms. The molecule has 0 aliphatic carbocycles. The SMILES string of the molecule is Cc1nc(-c2cc(-c3noc(C(F)(F)F)n3)ccn2)c(C)s1.NC=O. The molecule has 3 aromatic heterocycles. The van der Waals surface area contributed by atoms with E-state index in [0.29, 0.717) is 17.0 Å². The minimum atomic E-state index is -4.66. The molecule has 3 heterocycles. The molecule has 0 fully saturated rings. The molecule has 11 heteroatoms. The third-order valence-corrected chi connectivity index (χ3v) is 3.72. The molecule has 0 aliphatic heterocycles. The molecule has 0 aliphatic rings. The highest BCUT2D eigenvalue weighted by molar-refractivity contribution is 7.11. The number of primary amides is 1. The first-order valence-electron chi connectivity index (χ1n) is 6.73. The van der Waals surface area contributed by atoms with Gasteiger partial charge in [-0.25, -0.2) is 4.98 Å². The average molecular weight is 371 g/mol. The molecule has 0 saturated carbocycles. The number of thiazole rings is 1. The zero-order valence-corrected chi connectivity index (χ0v) is 13.9. The van der Waals surface area contributed by atoms with Crippen molar-refractivity contribution in [3.05, 3.63) is 34.1 Å². The summed E-state index contributed by atoms with van der Waals surface area (Å²) in [6.07, 6.45) is -2.94. The molecule has 0 unspecified atom stereocenters. The van der Waals surface area contributed by atoms with Gasteiger partial charge in [0.1, 0.15) is 5.69 Å². The Morgan fingerprint density at radius 1 is 1.28 bits per heavy atom. The molecule has 2 N–H and O–H groups in total. The minimum Gasteiger partial charge on any atom is -0.372 e. The molecular weight excluding hydrogens is 359 g/mol. The van der Waals surface area contributed by atoms with Gasteiger partial charge in [-0.05, 0) is 26.0 Å². The number of amides is 1. The van der Waals surface area contributed by atoms with E-state index in [4.69, 9.17) is 4.79 Å². The standard InChI is InChI=1S/C13H9F3N4OS.CH3NO/c1-6-10(18-7(2)22-6)9-5-8(3-4-17-9)11-19-12(21-20-11)13(14,15)16;2-1-3/h3-5H,1-2H3;1H,(H2,2,3). The zero-order chi connectivity index (χ0) is 18.6. The van der Waals surface area contributed by atoms with Gasteiger partial charge in [0, 0.05) is 16.6 Å². The van der Waals surface area contributed by atoms with Crippen molar-refractivity contribution in [3.63, 3.8) is 0 Å². The molecule has 0 aromatic carbocycles. The maximum Gasteiger partial charge on any atom is 0.471 e. The summed E-state index contributed by atoms with van der Waals surface area (Å²) in [6, 6.07) is 3.11. The maximum absolute atomic E-state index is 12.5. The number of pyridine rings is 1. The highest BCUT2D eigenvalue weighted by Crippen LogP contribution is 2.31. The molecule has 3 rings (SSSR count). The lowest BCUT2D eigenvalue weighted by molar-refractivity contribution is -0.159. The van der Waals surface area contributed by atoms with Crippen molar-refractivity contribution in [2.24, 2.45) is 5.73 Å². The maximum atomic E-state index is 12.5. The van der Waals surface area contributed by atoms with Crippen molar-refractivity contribution < 1.29 is 22.5 Å². The van der Waals surface area contributed by atoms with Gasteiger partial charge in [0.05, 0.1) is 10.7 Å². The number of alkyl halides is 3. The number of rotatable bonds is 2. The van der Waals surface area contributed by atoms with Gasteiger partial charge in [0.25, 0.3) is 0 Å². The summed E-state index contributed by atoms with van der Waals surface area (Å²) in [7, 11) is 0. The van der Waals surface area contributed by atoms with Crippen LogP contribution >= 0.6 is 11.3 Å². The predicted octanol–water partition coefficient (Wildman–Crippen LogP) is 2.99. The lowest BCUT2D eigenvalue weighted by atomic mass is 10.2. The van der Waals surface area contributed by atoms with Gasteiger partial charge in [-0.1, -0.05) is 5.16 Å². The molecule has 25 heavy (non-hydrogen) atoms. The van der Waals surface area contributed by atoms with E-state index in [1.165, 1.54) is 23.6 Å². The van der Waals surface area contributed by atoms with Crippen molar-refractivity contribution in [1.29, 1.82) is 0 Å². The fourth-order valence-electron chi connectivity index (χ4n) is 1.92. The number of aryl methyl sites for hydroxylation is 2. The van der Waals surface area contributed by atoms with Crippen LogP contribution in [0.3, 0.4) is 0 Å². The van der Waals surface area contributed by atoms with Crippen LogP contribution in [0.2, 0.25) is 0 Å². The molecule has 0 radical (unpaired) electrons. The first-order chi connectivity index (χ1) is 11.8. The molecule has 0 atom stereocenters. The van der Waals surface area contributed by atoms with Crippen LogP contribution in [-0.2, 0) is 11.0 Å². The largest absolute Gasteiger partial charge is 0.471 e. The van der Waals surface area contributed by atoms with Crippen molar-refractivity contribution in [3.8, 4) is 22.8 Å². The normalized spacial score (nSPS) is 10.9. The second-order valence-electron chi connectivity index (χ2n) is 4.62. The quantitative estimate of drug-likeness (QED) is 0.694. The number of hydrogen-bond donors (Lipinski definition) is 1. The predicted molar refractivity (Wildman–Crippen MR) is 83.4 cm³/mol. The molecule has 3 aromatic rings. The minimum absolute atomic E-state index is 0.138. The third-order valence-electron chi connectivity index (χ3n) is 2.83. The molecule has 132 valence electrons. The van der Waals surface area contributed by atoms with E-state index in [2.05, 4.69) is 30.4 Å². The Hall–Kier alpha value is -2.82. The lowest BCUT2D eigenvalue weighted by Gasteiger charge is -2.00. The van der Waals surface area contributed by atoms with Crippen molar-refractivity contribution in [2.75, 3.05) is 0 Å². The van der Waals surface area contributed by atoms with Crippen LogP contribution in [0.25, 0.3) is 22.8 Å². The number of halogens is 3. The van der Waals surface area contributed by atoms with E-state index in [0.717, 1.165) is 9.88 Å². The number of nitrogens with two attached hydrogens (primary N) is 1. The summed E-state index contributed by atoms with van der Waals surface area (Å²) in [5.41, 5.74) is 5.80. The summed E-state index contributed by atoms with van der Waals surface area (Å²) >= 11 is 1.52. The Bertz CT molecular complexity index is 875. The molecular formula is C14H12F3N5O2S. The summed E-state index contributed by atoms with van der Waals surface area (Å²) in [6.45, 7) is 3.78. The van der Waals surface area contributed by atoms with E-state index >= 15 is 0 Å². The Labute approximate surface area is 143 Å². The van der Waals surface area contributed by atoms with Gasteiger partial charge in [-0.15, -0.1) is 11.3 Å². The van der Waals surface area contributed by atoms with E-state index in [9.17, 15) is 13.2 Å². The topological polar surface area (TPSA) is 108 Å². The Morgan fingerprint density at radius 2 is 1.96 bits per heavy atom. The molecule has 0 bridgehead atoms. The fraction of sp³-hybridized carbons (Fsp3) is 0.214. The first-order valence-corrected chi connectivity index (χ1v) is 7.55. The zero-order valence-electron chi connectivity index (χ0n) is 13.0. The summed E-state index contributed by atoms with van der Waals surface area (Å²) < 4.78 is 41.7. The van der Waals surface area contributed by atoms with Gasteiger partial charge in [-0.3, -0.25) is 9.78 Å². The van der Waals surface area contributed by atoms with E-state index in [-0.39, 0.29) is 12.2 Å². The van der Waals surface area contributed by atoms with Gasteiger partial charge in [0.15, 0.2) is 0 Å². The number of carbonyl (C=O) groups is 1. The fourth-order valence-corrected chi connectivity index (χ4v) is 2.75. The van der Waals surface area contributed by atoms with Crippen LogP contribution in [0.5, 0.6) is 0 Å². The number of aromatic nitrogens is 4. The van der Waals surface area contributed by atoms with Crippen LogP contribution in [0.15, 0.2) is 22.9 Å². The highest BCUT2D eigenvalue weighted by atomic mass is 32.1. The average Bonchev–Trinajstić information content (AvgIpc) is 3.15. The van der Waals surface area contributed by atoms with E-state index < -0.39 is 12.1 Å². The number of hydrogen-bond acceptors (Lipinski definition) is 7. The van der Waals surface area contributed by atoms with Crippen LogP contribution in [-0.4, -0.2) is 26.5 Å². The van der Waals surface area contributed by atoms with Crippen molar-refractivity contribution in [1.82, 2.24) is 20.1 Å². The van der Waals surface area contributed by atoms with E-state index in [1.807, 2.05) is 13.8 Å². The summed E-state index contributed by atoms with van der Waals surface area (Å²) in [5, 5.41) is 4.25. The third kappa shape index (κ3) is 4.38. The van der Waals surface area contributed by atoms with Crippen molar-refractivity contribution in [2.45, 2.75) is 20.0 Å². The second-order valence-corrected chi connectivity index (χ2v) is 6.03. The molecule has 7 nitrogen and oxygen atoms in total. The molecule has 0 saturated heterocycles. The number of carbonyl (C=O) groups excluding carboxylic acids is 1. The van der Waals surface area contributed by atoms with Crippen LogP contribution in [0.1, 0.15) is 15.8 Å². The van der Waals surface area contributed by atoms with Crippen LogP contribution in [0.4, 0.5) is 13.2 Å². The smallest absolute Gasteiger partial charge is 0.372 e.